The molecule has 0 atom stereocenters. The normalized spacial score (nSPS) is 13.0. The fourth-order valence-electron chi connectivity index (χ4n) is 8.99. The first kappa shape index (κ1) is 32.7. The lowest BCUT2D eigenvalue weighted by molar-refractivity contribution is 0.660. The van der Waals surface area contributed by atoms with Gasteiger partial charge in [0.15, 0.2) is 0 Å². The molecular formula is C53H38N2S. The van der Waals surface area contributed by atoms with E-state index in [9.17, 15) is 0 Å². The Hall–Kier alpha value is -6.68. The molecule has 0 bridgehead atoms. The van der Waals surface area contributed by atoms with Crippen LogP contribution in [0.15, 0.2) is 194 Å². The molecule has 0 aliphatic heterocycles. The SMILES string of the molecule is CC1(C)c2ccccc2-c2ccc(N(c3ccc(-c4ccc5c(c4)c4ccccc4n5-c4ccccc4)cc3)c3ccc(-c4cc5ccccc5s4)cc3)cc21. The first-order chi connectivity index (χ1) is 27.5. The average Bonchev–Trinajstić information content (AvgIpc) is 3.90. The molecule has 8 aromatic carbocycles. The van der Waals surface area contributed by atoms with Crippen molar-refractivity contribution in [3.05, 3.63) is 205 Å². The van der Waals surface area contributed by atoms with Gasteiger partial charge in [0, 0.05) is 48.5 Å². The molecule has 0 unspecified atom stereocenters. The largest absolute Gasteiger partial charge is 0.310 e. The smallest absolute Gasteiger partial charge is 0.0541 e. The van der Waals surface area contributed by atoms with Crippen molar-refractivity contribution in [2.24, 2.45) is 0 Å². The lowest BCUT2D eigenvalue weighted by Crippen LogP contribution is -2.16. The molecular weight excluding hydrogens is 697 g/mol. The summed E-state index contributed by atoms with van der Waals surface area (Å²) in [4.78, 5) is 3.70. The van der Waals surface area contributed by atoms with Gasteiger partial charge < -0.3 is 9.47 Å². The molecule has 0 spiro atoms. The molecule has 2 nitrogen and oxygen atoms in total. The van der Waals surface area contributed by atoms with E-state index in [1.807, 2.05) is 11.3 Å². The van der Waals surface area contributed by atoms with Gasteiger partial charge >= 0.3 is 0 Å². The maximum absolute atomic E-state index is 2.42. The number of thiophene rings is 1. The second-order valence-electron chi connectivity index (χ2n) is 15.4. The number of nitrogens with zero attached hydrogens (tertiary/aromatic N) is 2. The van der Waals surface area contributed by atoms with E-state index in [0.717, 1.165) is 17.1 Å². The molecule has 3 heteroatoms. The van der Waals surface area contributed by atoms with Crippen LogP contribution in [0.2, 0.25) is 0 Å². The van der Waals surface area contributed by atoms with Crippen LogP contribution in [0.25, 0.3) is 70.3 Å². The molecule has 2 heterocycles. The van der Waals surface area contributed by atoms with Crippen LogP contribution in [0.5, 0.6) is 0 Å². The first-order valence-electron chi connectivity index (χ1n) is 19.3. The summed E-state index contributed by atoms with van der Waals surface area (Å²) in [5.74, 6) is 0. The molecule has 56 heavy (non-hydrogen) atoms. The Bertz CT molecular complexity index is 3060. The van der Waals surface area contributed by atoms with Crippen LogP contribution in [0.4, 0.5) is 17.1 Å². The van der Waals surface area contributed by atoms with E-state index in [1.54, 1.807) is 0 Å². The highest BCUT2D eigenvalue weighted by Crippen LogP contribution is 2.51. The zero-order valence-electron chi connectivity index (χ0n) is 31.3. The second-order valence-corrected chi connectivity index (χ2v) is 16.5. The Morgan fingerprint density at radius 3 is 1.88 bits per heavy atom. The Morgan fingerprint density at radius 1 is 0.446 bits per heavy atom. The van der Waals surface area contributed by atoms with Crippen molar-refractivity contribution in [1.82, 2.24) is 4.57 Å². The minimum atomic E-state index is -0.0925. The lowest BCUT2D eigenvalue weighted by Gasteiger charge is -2.28. The number of hydrogen-bond donors (Lipinski definition) is 0. The zero-order valence-corrected chi connectivity index (χ0v) is 32.1. The summed E-state index contributed by atoms with van der Waals surface area (Å²) in [6, 6.07) is 71.4. The monoisotopic (exact) mass is 734 g/mol. The molecule has 0 N–H and O–H groups in total. The summed E-state index contributed by atoms with van der Waals surface area (Å²) in [6.07, 6.45) is 0. The van der Waals surface area contributed by atoms with Gasteiger partial charge in [0.05, 0.1) is 11.0 Å². The molecule has 0 amide bonds. The van der Waals surface area contributed by atoms with E-state index in [2.05, 4.69) is 217 Å². The number of rotatable bonds is 6. The zero-order chi connectivity index (χ0) is 37.4. The third-order valence-electron chi connectivity index (χ3n) is 11.8. The number of para-hydroxylation sites is 2. The van der Waals surface area contributed by atoms with E-state index >= 15 is 0 Å². The van der Waals surface area contributed by atoms with E-state index in [0.29, 0.717) is 0 Å². The highest BCUT2D eigenvalue weighted by molar-refractivity contribution is 7.22. The van der Waals surface area contributed by atoms with Crippen molar-refractivity contribution in [2.75, 3.05) is 4.90 Å². The Morgan fingerprint density at radius 2 is 1.07 bits per heavy atom. The topological polar surface area (TPSA) is 8.17 Å². The number of benzene rings is 8. The van der Waals surface area contributed by atoms with Crippen molar-refractivity contribution in [2.45, 2.75) is 19.3 Å². The molecule has 266 valence electrons. The molecule has 0 saturated carbocycles. The predicted octanol–water partition coefficient (Wildman–Crippen LogP) is 15.1. The maximum Gasteiger partial charge on any atom is 0.0541 e. The number of anilines is 3. The molecule has 11 rings (SSSR count). The summed E-state index contributed by atoms with van der Waals surface area (Å²) in [5.41, 5.74) is 16.0. The summed E-state index contributed by atoms with van der Waals surface area (Å²) in [5, 5.41) is 3.81. The van der Waals surface area contributed by atoms with Crippen LogP contribution < -0.4 is 4.90 Å². The third kappa shape index (κ3) is 5.16. The Labute approximate surface area is 331 Å². The van der Waals surface area contributed by atoms with Crippen molar-refractivity contribution >= 4 is 60.3 Å². The highest BCUT2D eigenvalue weighted by Gasteiger charge is 2.35. The van der Waals surface area contributed by atoms with Gasteiger partial charge in [-0.05, 0) is 123 Å². The van der Waals surface area contributed by atoms with Crippen LogP contribution >= 0.6 is 11.3 Å². The van der Waals surface area contributed by atoms with E-state index in [-0.39, 0.29) is 5.41 Å². The van der Waals surface area contributed by atoms with Gasteiger partial charge in [-0.1, -0.05) is 129 Å². The van der Waals surface area contributed by atoms with Gasteiger partial charge in [0.25, 0.3) is 0 Å². The lowest BCUT2D eigenvalue weighted by atomic mass is 9.82. The molecule has 1 aliphatic carbocycles. The minimum Gasteiger partial charge on any atom is -0.310 e. The van der Waals surface area contributed by atoms with E-state index in [4.69, 9.17) is 0 Å². The fourth-order valence-corrected chi connectivity index (χ4v) is 10.1. The molecule has 0 fully saturated rings. The first-order valence-corrected chi connectivity index (χ1v) is 20.2. The van der Waals surface area contributed by atoms with Gasteiger partial charge in [0.1, 0.15) is 0 Å². The molecule has 10 aromatic rings. The van der Waals surface area contributed by atoms with Crippen LogP contribution in [-0.2, 0) is 5.41 Å². The van der Waals surface area contributed by atoms with Gasteiger partial charge in [-0.25, -0.2) is 0 Å². The van der Waals surface area contributed by atoms with Gasteiger partial charge in [-0.3, -0.25) is 0 Å². The van der Waals surface area contributed by atoms with Crippen molar-refractivity contribution in [3.63, 3.8) is 0 Å². The summed E-state index contributed by atoms with van der Waals surface area (Å²) < 4.78 is 3.69. The molecule has 0 radical (unpaired) electrons. The number of hydrogen-bond acceptors (Lipinski definition) is 2. The third-order valence-corrected chi connectivity index (χ3v) is 13.0. The van der Waals surface area contributed by atoms with Crippen LogP contribution in [0.3, 0.4) is 0 Å². The van der Waals surface area contributed by atoms with Crippen LogP contribution in [-0.4, -0.2) is 4.57 Å². The van der Waals surface area contributed by atoms with E-state index < -0.39 is 0 Å². The second kappa shape index (κ2) is 12.7. The molecule has 1 aliphatic rings. The van der Waals surface area contributed by atoms with Gasteiger partial charge in [0.2, 0.25) is 0 Å². The van der Waals surface area contributed by atoms with Crippen LogP contribution in [0, 0.1) is 0 Å². The van der Waals surface area contributed by atoms with Crippen molar-refractivity contribution in [3.8, 4) is 38.4 Å². The van der Waals surface area contributed by atoms with Gasteiger partial charge in [-0.2, -0.15) is 0 Å². The summed E-state index contributed by atoms with van der Waals surface area (Å²) in [6.45, 7) is 4.71. The maximum atomic E-state index is 2.42. The quantitative estimate of drug-likeness (QED) is 0.165. The Balaban J connectivity index is 1.01. The highest BCUT2D eigenvalue weighted by atomic mass is 32.1. The van der Waals surface area contributed by atoms with Gasteiger partial charge in [-0.15, -0.1) is 11.3 Å². The summed E-state index contributed by atoms with van der Waals surface area (Å²) >= 11 is 1.85. The summed E-state index contributed by atoms with van der Waals surface area (Å²) in [7, 11) is 0. The average molecular weight is 735 g/mol. The Kier molecular flexibility index (Phi) is 7.42. The van der Waals surface area contributed by atoms with E-state index in [1.165, 1.54) is 81.4 Å². The number of fused-ring (bicyclic) bond motifs is 7. The molecule has 0 saturated heterocycles. The number of aromatic nitrogens is 1. The standard InChI is InChI=1S/C53H38N2S/c1-53(2)47-17-9-7-15-43(47)44-30-29-42(34-48(44)53)54(41-27-22-36(23-28-41)52-33-38-12-6-11-19-51(38)56-52)40-25-20-35(21-26-40)37-24-31-50-46(32-37)45-16-8-10-18-49(45)55(50)39-13-4-3-5-14-39/h3-34H,1-2H3. The fraction of sp³-hybridized carbons (Fsp3) is 0.0566. The predicted molar refractivity (Wildman–Crippen MR) is 239 cm³/mol. The molecule has 2 aromatic heterocycles. The van der Waals surface area contributed by atoms with Crippen molar-refractivity contribution < 1.29 is 0 Å². The van der Waals surface area contributed by atoms with Crippen LogP contribution in [0.1, 0.15) is 25.0 Å². The van der Waals surface area contributed by atoms with Crippen molar-refractivity contribution in [1.29, 1.82) is 0 Å². The minimum absolute atomic E-state index is 0.0925.